The Bertz CT molecular complexity index is 852. The smallest absolute Gasteiger partial charge is 0.261 e. The highest BCUT2D eigenvalue weighted by molar-refractivity contribution is 6.38. The van der Waals surface area contributed by atoms with Crippen molar-refractivity contribution < 1.29 is 19.4 Å². The maximum Gasteiger partial charge on any atom is 0.261 e. The van der Waals surface area contributed by atoms with Gasteiger partial charge in [-0.1, -0.05) is 35.3 Å². The van der Waals surface area contributed by atoms with Gasteiger partial charge in [-0.3, -0.25) is 9.59 Å². The third-order valence-electron chi connectivity index (χ3n) is 3.94. The number of hydrogen-bond acceptors (Lipinski definition) is 4. The van der Waals surface area contributed by atoms with E-state index in [1.807, 2.05) is 0 Å². The normalized spacial score (nSPS) is 18.9. The Morgan fingerprint density at radius 2 is 1.96 bits per heavy atom. The van der Waals surface area contributed by atoms with Crippen LogP contribution >= 0.6 is 23.2 Å². The van der Waals surface area contributed by atoms with E-state index in [0.717, 1.165) is 0 Å². The molecule has 0 radical (unpaired) electrons. The average molecular weight is 366 g/mol. The highest BCUT2D eigenvalue weighted by Crippen LogP contribution is 2.46. The third-order valence-corrected chi connectivity index (χ3v) is 4.57. The Hall–Kier alpha value is -2.08. The molecule has 0 bridgehead atoms. The molecule has 0 saturated carbocycles. The molecule has 5 nitrogen and oxygen atoms in total. The number of anilines is 1. The number of amides is 1. The number of carbonyl (C=O) groups excluding carboxylic acids is 2. The van der Waals surface area contributed by atoms with Gasteiger partial charge in [0, 0.05) is 16.1 Å². The molecule has 1 aliphatic heterocycles. The first-order valence-electron chi connectivity index (χ1n) is 7.06. The van der Waals surface area contributed by atoms with Crippen LogP contribution in [0.5, 0.6) is 5.75 Å². The van der Waals surface area contributed by atoms with Crippen molar-refractivity contribution in [2.75, 3.05) is 12.4 Å². The van der Waals surface area contributed by atoms with Crippen molar-refractivity contribution in [3.63, 3.8) is 0 Å². The van der Waals surface area contributed by atoms with E-state index >= 15 is 0 Å². The van der Waals surface area contributed by atoms with Crippen LogP contribution in [0.25, 0.3) is 0 Å². The summed E-state index contributed by atoms with van der Waals surface area (Å²) in [5, 5.41) is 13.8. The zero-order valence-electron chi connectivity index (χ0n) is 12.6. The van der Waals surface area contributed by atoms with Gasteiger partial charge in [-0.25, -0.2) is 0 Å². The Kier molecular flexibility index (Phi) is 4.25. The van der Waals surface area contributed by atoms with E-state index in [2.05, 4.69) is 5.32 Å². The van der Waals surface area contributed by atoms with Crippen LogP contribution in [0.3, 0.4) is 0 Å². The highest BCUT2D eigenvalue weighted by atomic mass is 35.5. The van der Waals surface area contributed by atoms with Gasteiger partial charge in [-0.2, -0.15) is 0 Å². The maximum absolute atomic E-state index is 12.6. The minimum atomic E-state index is -2.07. The lowest BCUT2D eigenvalue weighted by Crippen LogP contribution is -2.36. The van der Waals surface area contributed by atoms with Crippen LogP contribution in [0.15, 0.2) is 36.4 Å². The highest BCUT2D eigenvalue weighted by Gasteiger charge is 2.49. The lowest BCUT2D eigenvalue weighted by Gasteiger charge is -2.21. The van der Waals surface area contributed by atoms with E-state index < -0.39 is 23.7 Å². The molecule has 0 aliphatic carbocycles. The van der Waals surface area contributed by atoms with E-state index in [1.165, 1.54) is 19.2 Å². The molecule has 124 valence electrons. The van der Waals surface area contributed by atoms with Crippen LogP contribution in [0.1, 0.15) is 22.3 Å². The molecule has 2 aromatic carbocycles. The molecule has 1 atom stereocenters. The summed E-state index contributed by atoms with van der Waals surface area (Å²) in [4.78, 5) is 24.8. The molecule has 2 N–H and O–H groups in total. The third kappa shape index (κ3) is 2.65. The summed E-state index contributed by atoms with van der Waals surface area (Å²) in [5.41, 5.74) is -1.40. The van der Waals surface area contributed by atoms with Crippen LogP contribution in [0.4, 0.5) is 5.69 Å². The Balaban J connectivity index is 1.99. The van der Waals surface area contributed by atoms with E-state index in [9.17, 15) is 14.7 Å². The minimum absolute atomic E-state index is 0.123. The number of carbonyl (C=O) groups is 2. The fourth-order valence-corrected chi connectivity index (χ4v) is 3.23. The fourth-order valence-electron chi connectivity index (χ4n) is 2.71. The number of methoxy groups -OCH3 is 1. The van der Waals surface area contributed by atoms with Crippen LogP contribution in [-0.2, 0) is 10.4 Å². The Morgan fingerprint density at radius 1 is 1.25 bits per heavy atom. The fraction of sp³-hybridized carbons (Fsp3) is 0.176. The van der Waals surface area contributed by atoms with Gasteiger partial charge in [0.25, 0.3) is 5.91 Å². The Morgan fingerprint density at radius 3 is 2.67 bits per heavy atom. The van der Waals surface area contributed by atoms with E-state index in [1.54, 1.807) is 24.3 Å². The second-order valence-electron chi connectivity index (χ2n) is 5.43. The molecule has 1 aliphatic rings. The van der Waals surface area contributed by atoms with Crippen molar-refractivity contribution in [1.29, 1.82) is 0 Å². The number of halogens is 2. The van der Waals surface area contributed by atoms with Crippen molar-refractivity contribution in [1.82, 2.24) is 0 Å². The molecule has 7 heteroatoms. The van der Waals surface area contributed by atoms with Crippen molar-refractivity contribution in [3.8, 4) is 5.75 Å². The number of ether oxygens (including phenoxy) is 1. The molecule has 1 amide bonds. The monoisotopic (exact) mass is 365 g/mol. The average Bonchev–Trinajstić information content (AvgIpc) is 2.83. The van der Waals surface area contributed by atoms with Crippen LogP contribution in [0.2, 0.25) is 10.0 Å². The van der Waals surface area contributed by atoms with Gasteiger partial charge in [0.15, 0.2) is 11.4 Å². The Labute approximate surface area is 148 Å². The number of fused-ring (bicyclic) bond motifs is 1. The molecule has 1 heterocycles. The summed E-state index contributed by atoms with van der Waals surface area (Å²) < 4.78 is 5.08. The first kappa shape index (κ1) is 16.8. The summed E-state index contributed by atoms with van der Waals surface area (Å²) in [5.74, 6) is -0.649. The molecular weight excluding hydrogens is 353 g/mol. The molecule has 1 unspecified atom stereocenters. The summed E-state index contributed by atoms with van der Waals surface area (Å²) in [7, 11) is 1.49. The van der Waals surface area contributed by atoms with Crippen LogP contribution < -0.4 is 10.1 Å². The van der Waals surface area contributed by atoms with Gasteiger partial charge in [0.2, 0.25) is 0 Å². The van der Waals surface area contributed by atoms with Crippen molar-refractivity contribution in [2.24, 2.45) is 0 Å². The van der Waals surface area contributed by atoms with Crippen molar-refractivity contribution in [2.45, 2.75) is 12.0 Å². The number of aliphatic hydroxyl groups is 1. The summed E-state index contributed by atoms with van der Waals surface area (Å²) >= 11 is 12.2. The van der Waals surface area contributed by atoms with Crippen LogP contribution in [0, 0.1) is 0 Å². The molecule has 3 rings (SSSR count). The minimum Gasteiger partial charge on any atom is -0.497 e. The maximum atomic E-state index is 12.6. The SMILES string of the molecule is COc1cccc(C(=O)CC2(O)C(=O)Nc3c(Cl)ccc(Cl)c32)c1. The largest absolute Gasteiger partial charge is 0.497 e. The van der Waals surface area contributed by atoms with Gasteiger partial charge in [0.1, 0.15) is 5.75 Å². The predicted molar refractivity (Wildman–Crippen MR) is 90.9 cm³/mol. The van der Waals surface area contributed by atoms with Gasteiger partial charge in [-0.05, 0) is 24.3 Å². The molecule has 0 aromatic heterocycles. The van der Waals surface area contributed by atoms with Crippen molar-refractivity contribution in [3.05, 3.63) is 57.6 Å². The van der Waals surface area contributed by atoms with Gasteiger partial charge >= 0.3 is 0 Å². The van der Waals surface area contributed by atoms with Crippen LogP contribution in [-0.4, -0.2) is 23.9 Å². The van der Waals surface area contributed by atoms with Gasteiger partial charge in [0.05, 0.1) is 24.2 Å². The topological polar surface area (TPSA) is 75.6 Å². The van der Waals surface area contributed by atoms with Crippen molar-refractivity contribution >= 4 is 40.6 Å². The quantitative estimate of drug-likeness (QED) is 0.814. The molecule has 2 aromatic rings. The number of ketones is 1. The first-order valence-corrected chi connectivity index (χ1v) is 7.82. The molecular formula is C17H13Cl2NO4. The number of nitrogens with one attached hydrogen (secondary N) is 1. The summed E-state index contributed by atoms with van der Waals surface area (Å²) in [6, 6.07) is 9.46. The molecule has 0 saturated heterocycles. The number of hydrogen-bond donors (Lipinski definition) is 2. The number of rotatable bonds is 4. The standard InChI is InChI=1S/C17H13Cl2NO4/c1-24-10-4-2-3-9(7-10)13(21)8-17(23)14-11(18)5-6-12(19)15(14)20-16(17)22/h2-7,23H,8H2,1H3,(H,20,22). The lowest BCUT2D eigenvalue weighted by molar-refractivity contribution is -0.133. The van der Waals surface area contributed by atoms with E-state index in [0.29, 0.717) is 11.3 Å². The number of benzene rings is 2. The van der Waals surface area contributed by atoms with E-state index in [4.69, 9.17) is 27.9 Å². The first-order chi connectivity index (χ1) is 11.4. The lowest BCUT2D eigenvalue weighted by atomic mass is 9.88. The molecule has 0 fully saturated rings. The van der Waals surface area contributed by atoms with Gasteiger partial charge < -0.3 is 15.2 Å². The predicted octanol–water partition coefficient (Wildman–Crippen LogP) is 3.41. The number of Topliss-reactive ketones (excluding diaryl/α,β-unsaturated/α-hetero) is 1. The van der Waals surface area contributed by atoms with Gasteiger partial charge in [-0.15, -0.1) is 0 Å². The summed E-state index contributed by atoms with van der Waals surface area (Å²) in [6.45, 7) is 0. The molecule has 24 heavy (non-hydrogen) atoms. The second kappa shape index (κ2) is 6.09. The zero-order chi connectivity index (χ0) is 17.5. The summed E-state index contributed by atoms with van der Waals surface area (Å²) in [6.07, 6.45) is -0.459. The molecule has 0 spiro atoms. The zero-order valence-corrected chi connectivity index (χ0v) is 14.1. The second-order valence-corrected chi connectivity index (χ2v) is 6.24. The van der Waals surface area contributed by atoms with E-state index in [-0.39, 0.29) is 21.3 Å².